The van der Waals surface area contributed by atoms with Crippen molar-refractivity contribution in [3.05, 3.63) is 30.5 Å². The maximum absolute atomic E-state index is 11.5. The highest BCUT2D eigenvalue weighted by Crippen LogP contribution is 2.28. The molecule has 5 nitrogen and oxygen atoms in total. The molecule has 0 bridgehead atoms. The van der Waals surface area contributed by atoms with Crippen molar-refractivity contribution in [2.75, 3.05) is 23.3 Å². The van der Waals surface area contributed by atoms with Crippen molar-refractivity contribution in [2.24, 2.45) is 5.73 Å². The molecule has 1 unspecified atom stereocenters. The smallest absolute Gasteiger partial charge is 0.300 e. The Bertz CT molecular complexity index is 775. The Kier molecular flexibility index (Phi) is 3.94. The van der Waals surface area contributed by atoms with Crippen molar-refractivity contribution < 1.29 is 4.79 Å². The molecule has 1 aromatic heterocycles. The summed E-state index contributed by atoms with van der Waals surface area (Å²) in [5.74, 6) is 5.70. The number of carbonyl (C=O) groups excluding carboxylic acids is 1. The van der Waals surface area contributed by atoms with Crippen LogP contribution >= 0.6 is 0 Å². The van der Waals surface area contributed by atoms with Crippen LogP contribution in [0.3, 0.4) is 0 Å². The highest BCUT2D eigenvalue weighted by atomic mass is 16.1. The quantitative estimate of drug-likeness (QED) is 0.828. The summed E-state index contributed by atoms with van der Waals surface area (Å²) in [6, 6.07) is 7.94. The lowest BCUT2D eigenvalue weighted by Crippen LogP contribution is -2.26. The summed E-state index contributed by atoms with van der Waals surface area (Å²) in [6.45, 7) is 3.40. The highest BCUT2D eigenvalue weighted by molar-refractivity contribution is 6.05. The van der Waals surface area contributed by atoms with Crippen molar-refractivity contribution in [1.82, 2.24) is 4.98 Å². The van der Waals surface area contributed by atoms with Crippen molar-refractivity contribution in [3.8, 4) is 11.8 Å². The number of hydrogen-bond donors (Lipinski definition) is 2. The van der Waals surface area contributed by atoms with Crippen LogP contribution in [0.4, 0.5) is 11.5 Å². The maximum atomic E-state index is 11.5. The number of benzene rings is 1. The Morgan fingerprint density at radius 3 is 3.05 bits per heavy atom. The van der Waals surface area contributed by atoms with Crippen LogP contribution in [-0.2, 0) is 4.79 Å². The molecule has 0 radical (unpaired) electrons. The van der Waals surface area contributed by atoms with E-state index in [9.17, 15) is 4.79 Å². The van der Waals surface area contributed by atoms with E-state index in [0.29, 0.717) is 0 Å². The predicted octanol–water partition coefficient (Wildman–Crippen LogP) is 1.73. The molecule has 1 atom stereocenters. The Morgan fingerprint density at radius 2 is 2.32 bits per heavy atom. The van der Waals surface area contributed by atoms with E-state index in [0.717, 1.165) is 41.8 Å². The van der Waals surface area contributed by atoms with Gasteiger partial charge in [-0.05, 0) is 48.9 Å². The summed E-state index contributed by atoms with van der Waals surface area (Å²) in [5, 5.41) is 4.87. The Morgan fingerprint density at radius 1 is 1.45 bits per heavy atom. The lowest BCUT2D eigenvalue weighted by molar-refractivity contribution is -0.111. The first-order valence-electron chi connectivity index (χ1n) is 7.30. The van der Waals surface area contributed by atoms with Crippen molar-refractivity contribution in [2.45, 2.75) is 19.4 Å². The molecule has 0 spiro atoms. The minimum atomic E-state index is -0.304. The Labute approximate surface area is 129 Å². The van der Waals surface area contributed by atoms with E-state index in [4.69, 9.17) is 5.73 Å². The number of anilines is 2. The zero-order chi connectivity index (χ0) is 15.5. The molecule has 1 aliphatic rings. The number of nitrogens with one attached hydrogen (secondary N) is 1. The molecule has 112 valence electrons. The number of aromatic nitrogens is 1. The molecule has 5 heteroatoms. The molecule has 1 aliphatic heterocycles. The van der Waals surface area contributed by atoms with E-state index < -0.39 is 0 Å². The van der Waals surface area contributed by atoms with Crippen LogP contribution in [0.15, 0.2) is 30.5 Å². The fourth-order valence-electron chi connectivity index (χ4n) is 2.75. The number of amides is 1. The first-order valence-corrected chi connectivity index (χ1v) is 7.30. The first-order chi connectivity index (χ1) is 10.7. The molecule has 3 rings (SSSR count). The molecular formula is C17H18N4O. The van der Waals surface area contributed by atoms with E-state index in [2.05, 4.69) is 27.0 Å². The summed E-state index contributed by atoms with van der Waals surface area (Å²) in [6.07, 6.45) is 2.78. The second-order valence-corrected chi connectivity index (χ2v) is 5.39. The van der Waals surface area contributed by atoms with Gasteiger partial charge in [0.1, 0.15) is 5.82 Å². The molecule has 0 aliphatic carbocycles. The molecule has 22 heavy (non-hydrogen) atoms. The van der Waals surface area contributed by atoms with Gasteiger partial charge in [0.05, 0.1) is 0 Å². The fraction of sp³-hybridized carbons (Fsp3) is 0.294. The van der Waals surface area contributed by atoms with Crippen LogP contribution in [-0.4, -0.2) is 30.0 Å². The molecule has 2 heterocycles. The molecule has 3 N–H and O–H groups in total. The summed E-state index contributed by atoms with van der Waals surface area (Å²) >= 11 is 0. The van der Waals surface area contributed by atoms with Gasteiger partial charge >= 0.3 is 0 Å². The van der Waals surface area contributed by atoms with Gasteiger partial charge in [-0.15, -0.1) is 0 Å². The Balaban J connectivity index is 1.93. The summed E-state index contributed by atoms with van der Waals surface area (Å²) in [4.78, 5) is 18.3. The topological polar surface area (TPSA) is 71.2 Å². The van der Waals surface area contributed by atoms with Gasteiger partial charge < -0.3 is 16.0 Å². The number of pyridine rings is 1. The lowest BCUT2D eigenvalue weighted by Gasteiger charge is -2.19. The molecule has 1 saturated heterocycles. The summed E-state index contributed by atoms with van der Waals surface area (Å²) < 4.78 is 0. The van der Waals surface area contributed by atoms with Gasteiger partial charge in [0.15, 0.2) is 0 Å². The zero-order valence-corrected chi connectivity index (χ0v) is 12.5. The Hall–Kier alpha value is -2.58. The highest BCUT2D eigenvalue weighted by Gasteiger charge is 2.21. The van der Waals surface area contributed by atoms with E-state index in [1.165, 1.54) is 0 Å². The molecular weight excluding hydrogens is 276 g/mol. The first kappa shape index (κ1) is 14.4. The van der Waals surface area contributed by atoms with Gasteiger partial charge in [0.2, 0.25) is 0 Å². The normalized spacial score (nSPS) is 17.2. The van der Waals surface area contributed by atoms with Gasteiger partial charge in [0, 0.05) is 36.4 Å². The third-order valence-corrected chi connectivity index (χ3v) is 3.76. The second kappa shape index (κ2) is 6.04. The van der Waals surface area contributed by atoms with Gasteiger partial charge in [-0.2, -0.15) is 0 Å². The largest absolute Gasteiger partial charge is 0.354 e. The van der Waals surface area contributed by atoms with E-state index in [1.807, 2.05) is 24.3 Å². The van der Waals surface area contributed by atoms with E-state index in [-0.39, 0.29) is 11.9 Å². The van der Waals surface area contributed by atoms with Crippen molar-refractivity contribution in [3.63, 3.8) is 0 Å². The SMILES string of the molecule is CC#CC(=O)Nc1ccc2c(N3CCC(N)C3)nccc2c1. The second-order valence-electron chi connectivity index (χ2n) is 5.39. The number of carbonyl (C=O) groups is 1. The minimum absolute atomic E-state index is 0.211. The van der Waals surface area contributed by atoms with Crippen molar-refractivity contribution in [1.29, 1.82) is 0 Å². The number of rotatable bonds is 2. The predicted molar refractivity (Wildman–Crippen MR) is 88.6 cm³/mol. The van der Waals surface area contributed by atoms with Gasteiger partial charge in [0.25, 0.3) is 5.91 Å². The average Bonchev–Trinajstić information content (AvgIpc) is 2.93. The van der Waals surface area contributed by atoms with Crippen LogP contribution in [0, 0.1) is 11.8 Å². The van der Waals surface area contributed by atoms with Crippen LogP contribution in [0.1, 0.15) is 13.3 Å². The van der Waals surface area contributed by atoms with E-state index in [1.54, 1.807) is 13.1 Å². The van der Waals surface area contributed by atoms with Crippen LogP contribution in [0.25, 0.3) is 10.8 Å². The summed E-state index contributed by atoms with van der Waals surface area (Å²) in [5.41, 5.74) is 6.72. The number of nitrogens with two attached hydrogens (primary N) is 1. The molecule has 1 aromatic carbocycles. The van der Waals surface area contributed by atoms with Crippen molar-refractivity contribution >= 4 is 28.2 Å². The standard InChI is InChI=1S/C17H18N4O/c1-2-3-16(22)20-14-4-5-15-12(10-14)6-8-19-17(15)21-9-7-13(18)11-21/h4-6,8,10,13H,7,9,11,18H2,1H3,(H,20,22). The third-order valence-electron chi connectivity index (χ3n) is 3.76. The van der Waals surface area contributed by atoms with Crippen LogP contribution < -0.4 is 16.0 Å². The molecule has 1 fully saturated rings. The molecule has 0 saturated carbocycles. The third kappa shape index (κ3) is 2.87. The molecule has 2 aromatic rings. The monoisotopic (exact) mass is 294 g/mol. The lowest BCUT2D eigenvalue weighted by atomic mass is 10.1. The maximum Gasteiger partial charge on any atom is 0.300 e. The number of fused-ring (bicyclic) bond motifs is 1. The number of hydrogen-bond acceptors (Lipinski definition) is 4. The zero-order valence-electron chi connectivity index (χ0n) is 12.5. The average molecular weight is 294 g/mol. The van der Waals surface area contributed by atoms with Gasteiger partial charge in [-0.3, -0.25) is 4.79 Å². The summed E-state index contributed by atoms with van der Waals surface area (Å²) in [7, 11) is 0. The van der Waals surface area contributed by atoms with E-state index >= 15 is 0 Å². The van der Waals surface area contributed by atoms with Gasteiger partial charge in [-0.1, -0.05) is 5.92 Å². The minimum Gasteiger partial charge on any atom is -0.354 e. The fourth-order valence-corrected chi connectivity index (χ4v) is 2.75. The van der Waals surface area contributed by atoms with Gasteiger partial charge in [-0.25, -0.2) is 4.98 Å². The number of nitrogens with zero attached hydrogens (tertiary/aromatic N) is 2. The van der Waals surface area contributed by atoms with Crippen LogP contribution in [0.2, 0.25) is 0 Å². The molecule has 1 amide bonds. The van der Waals surface area contributed by atoms with Crippen LogP contribution in [0.5, 0.6) is 0 Å².